The normalized spacial score (nSPS) is 14.0. The quantitative estimate of drug-likeness (QED) is 0.766. The lowest BCUT2D eigenvalue weighted by Crippen LogP contribution is -2.25. The molecule has 106 valence electrons. The van der Waals surface area contributed by atoms with Gasteiger partial charge < -0.3 is 5.73 Å². The fourth-order valence-electron chi connectivity index (χ4n) is 2.03. The van der Waals surface area contributed by atoms with Crippen molar-refractivity contribution in [1.29, 1.82) is 0 Å². The molecule has 2 N–H and O–H groups in total. The Morgan fingerprint density at radius 3 is 2.20 bits per heavy atom. The van der Waals surface area contributed by atoms with Crippen LogP contribution in [0, 0.1) is 6.92 Å². The highest BCUT2D eigenvalue weighted by Gasteiger charge is 2.19. The lowest BCUT2D eigenvalue weighted by Gasteiger charge is -2.23. The van der Waals surface area contributed by atoms with Gasteiger partial charge in [0.2, 0.25) is 0 Å². The molecule has 2 unspecified atom stereocenters. The Balaban J connectivity index is 2.23. The number of nitrogens with two attached hydrogens (primary N) is 1. The van der Waals surface area contributed by atoms with Crippen molar-refractivity contribution in [2.24, 2.45) is 5.73 Å². The largest absolute Gasteiger partial charge is 0.326 e. The highest BCUT2D eigenvalue weighted by Crippen LogP contribution is 2.38. The molecule has 0 bridgehead atoms. The number of aryl methyl sites for hydroxylation is 1. The predicted octanol–water partition coefficient (Wildman–Crippen LogP) is 5.22. The summed E-state index contributed by atoms with van der Waals surface area (Å²) in [6, 6.07) is 16.7. The van der Waals surface area contributed by atoms with Crippen molar-refractivity contribution in [3.05, 3.63) is 64.7 Å². The molecule has 0 saturated carbocycles. The van der Waals surface area contributed by atoms with E-state index in [2.05, 4.69) is 50.2 Å². The number of halogens is 1. The van der Waals surface area contributed by atoms with E-state index < -0.39 is 0 Å². The number of hydrogen-bond donors (Lipinski definition) is 1. The first-order chi connectivity index (χ1) is 9.60. The van der Waals surface area contributed by atoms with Crippen molar-refractivity contribution in [1.82, 2.24) is 0 Å². The third-order valence-electron chi connectivity index (χ3n) is 3.34. The summed E-state index contributed by atoms with van der Waals surface area (Å²) in [4.78, 5) is 1.25. The van der Waals surface area contributed by atoms with Gasteiger partial charge in [-0.15, -0.1) is 11.8 Å². The number of thioether (sulfide) groups is 1. The summed E-state index contributed by atoms with van der Waals surface area (Å²) in [5.41, 5.74) is 8.82. The zero-order chi connectivity index (χ0) is 14.5. The van der Waals surface area contributed by atoms with Crippen LogP contribution in [0.15, 0.2) is 53.4 Å². The number of benzene rings is 2. The second-order valence-corrected chi connectivity index (χ2v) is 6.63. The second-order valence-electron chi connectivity index (χ2n) is 4.98. The number of hydrogen-bond acceptors (Lipinski definition) is 2. The van der Waals surface area contributed by atoms with Gasteiger partial charge in [-0.1, -0.05) is 48.4 Å². The van der Waals surface area contributed by atoms with E-state index >= 15 is 0 Å². The van der Waals surface area contributed by atoms with Crippen molar-refractivity contribution in [2.75, 3.05) is 0 Å². The lowest BCUT2D eigenvalue weighted by atomic mass is 10.0. The highest BCUT2D eigenvalue weighted by molar-refractivity contribution is 7.99. The molecular weight excluding hydrogens is 286 g/mol. The average molecular weight is 306 g/mol. The van der Waals surface area contributed by atoms with E-state index in [0.717, 1.165) is 11.4 Å². The van der Waals surface area contributed by atoms with Gasteiger partial charge in [0.15, 0.2) is 0 Å². The highest BCUT2D eigenvalue weighted by atomic mass is 35.5. The van der Waals surface area contributed by atoms with Crippen LogP contribution in [0.2, 0.25) is 5.02 Å². The Hall–Kier alpha value is -0.960. The van der Waals surface area contributed by atoms with Gasteiger partial charge >= 0.3 is 0 Å². The molecule has 0 fully saturated rings. The van der Waals surface area contributed by atoms with Crippen LogP contribution in [0.5, 0.6) is 0 Å². The van der Waals surface area contributed by atoms with E-state index in [4.69, 9.17) is 17.3 Å². The van der Waals surface area contributed by atoms with Gasteiger partial charge in [-0.2, -0.15) is 0 Å². The fraction of sp³-hybridized carbons (Fsp3) is 0.294. The summed E-state index contributed by atoms with van der Waals surface area (Å²) < 4.78 is 0. The summed E-state index contributed by atoms with van der Waals surface area (Å²) >= 11 is 7.79. The van der Waals surface area contributed by atoms with Gasteiger partial charge in [-0.25, -0.2) is 0 Å². The van der Waals surface area contributed by atoms with Gasteiger partial charge in [0.1, 0.15) is 0 Å². The molecule has 1 nitrogen and oxygen atoms in total. The molecule has 0 radical (unpaired) electrons. The van der Waals surface area contributed by atoms with Crippen molar-refractivity contribution in [2.45, 2.75) is 36.5 Å². The minimum absolute atomic E-state index is 0.127. The molecule has 0 heterocycles. The lowest BCUT2D eigenvalue weighted by molar-refractivity contribution is 0.634. The Morgan fingerprint density at radius 2 is 1.65 bits per heavy atom. The summed E-state index contributed by atoms with van der Waals surface area (Å²) in [5.74, 6) is 0. The molecular formula is C17H20ClNS. The van der Waals surface area contributed by atoms with E-state index in [-0.39, 0.29) is 11.3 Å². The first-order valence-corrected chi connectivity index (χ1v) is 8.10. The third-order valence-corrected chi connectivity index (χ3v) is 5.01. The van der Waals surface area contributed by atoms with Gasteiger partial charge in [0, 0.05) is 21.2 Å². The molecule has 0 amide bonds. The van der Waals surface area contributed by atoms with Crippen LogP contribution >= 0.6 is 23.4 Å². The predicted molar refractivity (Wildman–Crippen MR) is 89.5 cm³/mol. The maximum atomic E-state index is 6.31. The Labute approximate surface area is 130 Å². The van der Waals surface area contributed by atoms with Gasteiger partial charge in [-0.05, 0) is 43.2 Å². The maximum Gasteiger partial charge on any atom is 0.0495 e. The molecule has 2 aromatic carbocycles. The summed E-state index contributed by atoms with van der Waals surface area (Å²) in [7, 11) is 0. The van der Waals surface area contributed by atoms with Crippen LogP contribution in [0.25, 0.3) is 0 Å². The van der Waals surface area contributed by atoms with Crippen LogP contribution in [0.1, 0.15) is 29.7 Å². The fourth-order valence-corrected chi connectivity index (χ4v) is 3.41. The molecule has 0 spiro atoms. The van der Waals surface area contributed by atoms with Crippen molar-refractivity contribution in [3.8, 4) is 0 Å². The van der Waals surface area contributed by atoms with Crippen LogP contribution in [0.3, 0.4) is 0 Å². The molecule has 0 aromatic heterocycles. The molecule has 2 atom stereocenters. The van der Waals surface area contributed by atoms with Gasteiger partial charge in [-0.3, -0.25) is 0 Å². The van der Waals surface area contributed by atoms with E-state index in [9.17, 15) is 0 Å². The molecule has 0 saturated heterocycles. The smallest absolute Gasteiger partial charge is 0.0495 e. The Morgan fingerprint density at radius 1 is 1.05 bits per heavy atom. The molecule has 20 heavy (non-hydrogen) atoms. The third kappa shape index (κ3) is 4.02. The minimum atomic E-state index is 0.127. The van der Waals surface area contributed by atoms with Crippen molar-refractivity contribution in [3.63, 3.8) is 0 Å². The van der Waals surface area contributed by atoms with E-state index in [1.54, 1.807) is 0 Å². The zero-order valence-corrected chi connectivity index (χ0v) is 13.4. The molecule has 0 aliphatic heterocycles. The Bertz CT molecular complexity index is 536. The first kappa shape index (κ1) is 15.4. The monoisotopic (exact) mass is 305 g/mol. The van der Waals surface area contributed by atoms with Crippen LogP contribution in [0.4, 0.5) is 0 Å². The van der Waals surface area contributed by atoms with Crippen molar-refractivity contribution < 1.29 is 0 Å². The average Bonchev–Trinajstić information content (AvgIpc) is 2.47. The maximum absolute atomic E-state index is 6.31. The first-order valence-electron chi connectivity index (χ1n) is 6.84. The summed E-state index contributed by atoms with van der Waals surface area (Å²) in [6.07, 6.45) is 0.951. The van der Waals surface area contributed by atoms with Crippen molar-refractivity contribution >= 4 is 23.4 Å². The van der Waals surface area contributed by atoms with E-state index in [0.29, 0.717) is 0 Å². The second kappa shape index (κ2) is 7.16. The van der Waals surface area contributed by atoms with Crippen LogP contribution in [-0.4, -0.2) is 6.04 Å². The molecule has 3 heteroatoms. The van der Waals surface area contributed by atoms with Gasteiger partial charge in [0.05, 0.1) is 0 Å². The summed E-state index contributed by atoms with van der Waals surface area (Å²) in [5, 5.41) is 1.01. The SMILES string of the molecule is CCC(N)C(Sc1ccc(C)cc1)c1ccc(Cl)cc1. The minimum Gasteiger partial charge on any atom is -0.326 e. The Kier molecular flexibility index (Phi) is 5.53. The van der Waals surface area contributed by atoms with E-state index in [1.807, 2.05) is 23.9 Å². The topological polar surface area (TPSA) is 26.0 Å². The van der Waals surface area contributed by atoms with Crippen LogP contribution < -0.4 is 5.73 Å². The summed E-state index contributed by atoms with van der Waals surface area (Å²) in [6.45, 7) is 4.23. The van der Waals surface area contributed by atoms with E-state index in [1.165, 1.54) is 16.0 Å². The van der Waals surface area contributed by atoms with Gasteiger partial charge in [0.25, 0.3) is 0 Å². The zero-order valence-electron chi connectivity index (χ0n) is 11.8. The number of rotatable bonds is 5. The molecule has 0 aliphatic rings. The molecule has 2 aromatic rings. The van der Waals surface area contributed by atoms with Crippen LogP contribution in [-0.2, 0) is 0 Å². The molecule has 2 rings (SSSR count). The standard InChI is InChI=1S/C17H20ClNS/c1-3-16(19)17(13-6-8-14(18)9-7-13)20-15-10-4-12(2)5-11-15/h4-11,16-17H,3,19H2,1-2H3. The molecule has 0 aliphatic carbocycles.